The quantitative estimate of drug-likeness (QED) is 0.281. The number of hydrogen-bond donors (Lipinski definition) is 0. The Morgan fingerprint density at radius 2 is 1.88 bits per heavy atom. The number of carbonyl (C=O) groups excluding carboxylic acids is 1. The first-order chi connectivity index (χ1) is 24.4. The number of carbonyl (C=O) groups is 1. The molecule has 4 aliphatic heterocycles. The van der Waals surface area contributed by atoms with E-state index in [1.165, 1.54) is 0 Å². The largest absolute Gasteiger partial charge is 0.462 e. The van der Waals surface area contributed by atoms with Crippen LogP contribution in [-0.2, 0) is 22.5 Å². The highest BCUT2D eigenvalue weighted by atomic mass is 35.5. The molecule has 264 valence electrons. The minimum absolute atomic E-state index is 0.0584. The lowest BCUT2D eigenvalue weighted by Gasteiger charge is -2.43. The second kappa shape index (κ2) is 15.5. The molecule has 1 amide bonds. The summed E-state index contributed by atoms with van der Waals surface area (Å²) in [5, 5.41) is 12.7. The van der Waals surface area contributed by atoms with E-state index >= 15 is 0 Å². The zero-order chi connectivity index (χ0) is 34.6. The number of nitriles is 1. The number of likely N-dealkylation sites (tertiary alicyclic amines) is 1. The van der Waals surface area contributed by atoms with Gasteiger partial charge in [-0.3, -0.25) is 9.69 Å². The SMILES string of the molecule is C=C(CCN1CCOCC1)C(=O)N1CCN(c2nc(OC[C@@H]3CCCN3C)nc3c2CCN(c2cccc4cccc(Cl)c24)C3)C[C@@H]1CC#N. The first-order valence-corrected chi connectivity index (χ1v) is 18.3. The molecule has 4 aliphatic rings. The highest BCUT2D eigenvalue weighted by Crippen LogP contribution is 2.37. The predicted octanol–water partition coefficient (Wildman–Crippen LogP) is 4.53. The molecule has 11 nitrogen and oxygen atoms in total. The summed E-state index contributed by atoms with van der Waals surface area (Å²) in [5.41, 5.74) is 3.72. The molecule has 0 N–H and O–H groups in total. The van der Waals surface area contributed by atoms with Crippen LogP contribution in [0.2, 0.25) is 5.02 Å². The smallest absolute Gasteiger partial charge is 0.318 e. The van der Waals surface area contributed by atoms with Crippen LogP contribution >= 0.6 is 11.6 Å². The molecule has 3 saturated heterocycles. The van der Waals surface area contributed by atoms with Crippen molar-refractivity contribution in [2.75, 3.05) is 89.0 Å². The Labute approximate surface area is 300 Å². The van der Waals surface area contributed by atoms with Gasteiger partial charge in [-0.2, -0.15) is 15.2 Å². The van der Waals surface area contributed by atoms with Crippen LogP contribution in [0.15, 0.2) is 48.6 Å². The Morgan fingerprint density at radius 3 is 2.66 bits per heavy atom. The van der Waals surface area contributed by atoms with Crippen molar-refractivity contribution in [2.24, 2.45) is 0 Å². The van der Waals surface area contributed by atoms with Gasteiger partial charge in [0.05, 0.1) is 49.0 Å². The molecule has 2 aromatic carbocycles. The van der Waals surface area contributed by atoms with E-state index in [2.05, 4.69) is 63.6 Å². The summed E-state index contributed by atoms with van der Waals surface area (Å²) in [7, 11) is 2.14. The van der Waals surface area contributed by atoms with Gasteiger partial charge in [-0.15, -0.1) is 0 Å². The lowest BCUT2D eigenvalue weighted by atomic mass is 10.0. The zero-order valence-corrected chi connectivity index (χ0v) is 29.8. The first-order valence-electron chi connectivity index (χ1n) is 18.0. The average molecular weight is 699 g/mol. The van der Waals surface area contributed by atoms with Gasteiger partial charge in [-0.25, -0.2) is 0 Å². The van der Waals surface area contributed by atoms with Crippen molar-refractivity contribution in [2.45, 2.75) is 50.7 Å². The number of likely N-dealkylation sites (N-methyl/N-ethyl adjacent to an activating group) is 1. The van der Waals surface area contributed by atoms with Crippen LogP contribution in [0.3, 0.4) is 0 Å². The fourth-order valence-corrected chi connectivity index (χ4v) is 8.12. The lowest BCUT2D eigenvalue weighted by molar-refractivity contribution is -0.129. The molecule has 1 aromatic heterocycles. The molecule has 50 heavy (non-hydrogen) atoms. The fourth-order valence-electron chi connectivity index (χ4n) is 7.84. The monoisotopic (exact) mass is 698 g/mol. The molecule has 3 fully saturated rings. The number of nitrogens with zero attached hydrogens (tertiary/aromatic N) is 8. The molecular formula is C38H47ClN8O3. The average Bonchev–Trinajstić information content (AvgIpc) is 3.56. The molecule has 0 saturated carbocycles. The molecule has 0 unspecified atom stereocenters. The Hall–Kier alpha value is -3.95. The highest BCUT2D eigenvalue weighted by Gasteiger charge is 2.35. The molecule has 3 aromatic rings. The minimum atomic E-state index is -0.276. The predicted molar refractivity (Wildman–Crippen MR) is 196 cm³/mol. The van der Waals surface area contributed by atoms with Gasteiger partial charge >= 0.3 is 6.01 Å². The summed E-state index contributed by atoms with van der Waals surface area (Å²) in [4.78, 5) is 34.9. The van der Waals surface area contributed by atoms with E-state index in [0.29, 0.717) is 56.8 Å². The van der Waals surface area contributed by atoms with Gasteiger partial charge in [0.2, 0.25) is 5.91 Å². The molecule has 0 radical (unpaired) electrons. The molecule has 0 aliphatic carbocycles. The summed E-state index contributed by atoms with van der Waals surface area (Å²) >= 11 is 6.75. The van der Waals surface area contributed by atoms with Crippen molar-refractivity contribution < 1.29 is 14.3 Å². The molecule has 7 rings (SSSR count). The maximum Gasteiger partial charge on any atom is 0.318 e. The van der Waals surface area contributed by atoms with Crippen molar-refractivity contribution in [3.05, 3.63) is 64.8 Å². The van der Waals surface area contributed by atoms with Crippen molar-refractivity contribution >= 4 is 39.8 Å². The lowest BCUT2D eigenvalue weighted by Crippen LogP contribution is -2.56. The summed E-state index contributed by atoms with van der Waals surface area (Å²) in [6.07, 6.45) is 3.84. The molecule has 12 heteroatoms. The van der Waals surface area contributed by atoms with Crippen LogP contribution in [0.25, 0.3) is 10.8 Å². The van der Waals surface area contributed by atoms with Crippen molar-refractivity contribution in [1.82, 2.24) is 24.7 Å². The van der Waals surface area contributed by atoms with Crippen LogP contribution in [-0.4, -0.2) is 122 Å². The van der Waals surface area contributed by atoms with E-state index in [4.69, 9.17) is 31.0 Å². The van der Waals surface area contributed by atoms with Crippen molar-refractivity contribution in [3.8, 4) is 12.1 Å². The second-order valence-corrected chi connectivity index (χ2v) is 14.3. The normalized spacial score (nSPS) is 21.7. The molecule has 0 spiro atoms. The number of amides is 1. The van der Waals surface area contributed by atoms with Crippen LogP contribution < -0.4 is 14.5 Å². The molecule has 5 heterocycles. The number of rotatable bonds is 10. The van der Waals surface area contributed by atoms with Crippen LogP contribution in [0.5, 0.6) is 6.01 Å². The second-order valence-electron chi connectivity index (χ2n) is 13.9. The van der Waals surface area contributed by atoms with Gasteiger partial charge in [0, 0.05) is 74.1 Å². The van der Waals surface area contributed by atoms with Crippen LogP contribution in [0.4, 0.5) is 11.5 Å². The van der Waals surface area contributed by atoms with Gasteiger partial charge in [0.1, 0.15) is 12.4 Å². The van der Waals surface area contributed by atoms with Gasteiger partial charge < -0.3 is 29.1 Å². The van der Waals surface area contributed by atoms with Gasteiger partial charge in [-0.1, -0.05) is 42.4 Å². The Bertz CT molecular complexity index is 1750. The first kappa shape index (κ1) is 34.5. The van der Waals surface area contributed by atoms with Crippen LogP contribution in [0.1, 0.15) is 36.9 Å². The molecule has 0 bridgehead atoms. The Kier molecular flexibility index (Phi) is 10.7. The number of anilines is 2. The topological polar surface area (TPSA) is 101 Å². The number of halogens is 1. The van der Waals surface area contributed by atoms with E-state index in [0.717, 1.165) is 104 Å². The number of ether oxygens (including phenoxy) is 2. The third-order valence-electron chi connectivity index (χ3n) is 10.8. The van der Waals surface area contributed by atoms with E-state index < -0.39 is 0 Å². The number of piperazine rings is 1. The third-order valence-corrected chi connectivity index (χ3v) is 11.1. The summed E-state index contributed by atoms with van der Waals surface area (Å²) < 4.78 is 11.8. The number of fused-ring (bicyclic) bond motifs is 2. The van der Waals surface area contributed by atoms with E-state index in [9.17, 15) is 10.1 Å². The summed E-state index contributed by atoms with van der Waals surface area (Å²) in [6, 6.07) is 15.1. The maximum atomic E-state index is 13.7. The third kappa shape index (κ3) is 7.40. The van der Waals surface area contributed by atoms with Crippen molar-refractivity contribution in [3.63, 3.8) is 0 Å². The van der Waals surface area contributed by atoms with Crippen molar-refractivity contribution in [1.29, 1.82) is 5.26 Å². The Morgan fingerprint density at radius 1 is 1.06 bits per heavy atom. The molecule has 2 atom stereocenters. The van der Waals surface area contributed by atoms with Gasteiger partial charge in [-0.05, 0) is 56.8 Å². The van der Waals surface area contributed by atoms with E-state index in [1.54, 1.807) is 0 Å². The number of benzene rings is 2. The summed E-state index contributed by atoms with van der Waals surface area (Å²) in [5.74, 6) is 0.790. The minimum Gasteiger partial charge on any atom is -0.462 e. The van der Waals surface area contributed by atoms with E-state index in [1.807, 2.05) is 17.0 Å². The van der Waals surface area contributed by atoms with Gasteiger partial charge in [0.25, 0.3) is 0 Å². The standard InChI is InChI=1S/C38H47ClN8O3/c1-27(12-16-44-20-22-49-23-21-44)37(48)47-19-18-46(24-29(47)11-14-40)36-31-13-17-45(34-10-4-7-28-6-3-9-32(39)35(28)34)25-33(31)41-38(42-36)50-26-30-8-5-15-43(30)2/h3-4,6-7,9-10,29-30H,1,5,8,11-13,15-26H2,2H3/t29-,30-/m0/s1. The zero-order valence-electron chi connectivity index (χ0n) is 29.0. The van der Waals surface area contributed by atoms with E-state index in [-0.39, 0.29) is 18.4 Å². The van der Waals surface area contributed by atoms with Gasteiger partial charge in [0.15, 0.2) is 0 Å². The number of hydrogen-bond acceptors (Lipinski definition) is 10. The fraction of sp³-hybridized carbons (Fsp3) is 0.526. The highest BCUT2D eigenvalue weighted by molar-refractivity contribution is 6.36. The molecular weight excluding hydrogens is 652 g/mol. The number of morpholine rings is 1. The maximum absolute atomic E-state index is 13.7. The summed E-state index contributed by atoms with van der Waals surface area (Å²) in [6.45, 7) is 12.7. The Balaban J connectivity index is 1.13. The number of aromatic nitrogens is 2. The van der Waals surface area contributed by atoms with Crippen LogP contribution in [0, 0.1) is 11.3 Å².